The van der Waals surface area contributed by atoms with Crippen LogP contribution < -0.4 is 38.9 Å². The molecule has 260 valence electrons. The molecule has 0 bridgehead atoms. The smallest absolute Gasteiger partial charge is 0.223 e. The number of hydrogen-bond donors (Lipinski definition) is 2. The fraction of sp³-hybridized carbons (Fsp3) is 0.438. The molecule has 0 spiro atoms. The minimum Gasteiger partial charge on any atom is -0.377 e. The summed E-state index contributed by atoms with van der Waals surface area (Å²) in [6.45, 7) is 15.8. The maximum atomic E-state index is 11.0. The van der Waals surface area contributed by atoms with Gasteiger partial charge in [-0.3, -0.25) is 9.59 Å². The van der Waals surface area contributed by atoms with Gasteiger partial charge in [0.25, 0.3) is 0 Å². The molecular formula is C32H56N4O2P4S4. The van der Waals surface area contributed by atoms with Crippen LogP contribution in [0.5, 0.6) is 0 Å². The number of amides is 2. The third-order valence-corrected chi connectivity index (χ3v) is 11.6. The van der Waals surface area contributed by atoms with Crippen molar-refractivity contribution in [2.75, 3.05) is 52.1 Å². The van der Waals surface area contributed by atoms with Gasteiger partial charge in [0.15, 0.2) is 0 Å². The largest absolute Gasteiger partial charge is 0.377 e. The number of aryl methyl sites for hydroxylation is 6. The molecule has 0 saturated carbocycles. The fourth-order valence-corrected chi connectivity index (χ4v) is 9.39. The third-order valence-electron chi connectivity index (χ3n) is 5.86. The Morgan fingerprint density at radius 1 is 0.587 bits per heavy atom. The van der Waals surface area contributed by atoms with E-state index >= 15 is 0 Å². The van der Waals surface area contributed by atoms with Crippen LogP contribution in [0.2, 0.25) is 0 Å². The Kier molecular flexibility index (Phi) is 26.0. The highest BCUT2D eigenvalue weighted by molar-refractivity contribution is 7.44. The van der Waals surface area contributed by atoms with Crippen LogP contribution in [0.1, 0.15) is 44.5 Å². The minimum absolute atomic E-state index is 0.00463. The average molecular weight is 781 g/mol. The predicted octanol–water partition coefficient (Wildman–Crippen LogP) is 6.48. The third kappa shape index (κ3) is 20.6. The lowest BCUT2D eigenvalue weighted by molar-refractivity contribution is -0.118. The van der Waals surface area contributed by atoms with Crippen LogP contribution in [0.15, 0.2) is 24.3 Å². The lowest BCUT2D eigenvalue weighted by Crippen LogP contribution is -2.22. The summed E-state index contributed by atoms with van der Waals surface area (Å²) < 4.78 is 5.14. The first-order valence-electron chi connectivity index (χ1n) is 14.3. The molecule has 4 aromatic rings. The summed E-state index contributed by atoms with van der Waals surface area (Å²) in [5.74, 6) is 0.0749. The number of anilines is 2. The summed E-state index contributed by atoms with van der Waals surface area (Å²) >= 11 is 7.17. The van der Waals surface area contributed by atoms with Crippen molar-refractivity contribution in [3.05, 3.63) is 54.9 Å². The first-order chi connectivity index (χ1) is 21.2. The summed E-state index contributed by atoms with van der Waals surface area (Å²) in [4.78, 5) is 29.9. The zero-order chi connectivity index (χ0) is 36.3. The quantitative estimate of drug-likeness (QED) is 0.229. The van der Waals surface area contributed by atoms with E-state index in [-0.39, 0.29) is 11.8 Å². The highest BCUT2D eigenvalue weighted by atomic mass is 32.1. The van der Waals surface area contributed by atoms with Gasteiger partial charge >= 0.3 is 0 Å². The van der Waals surface area contributed by atoms with E-state index in [1.807, 2.05) is 61.1 Å². The van der Waals surface area contributed by atoms with Crippen LogP contribution in [0.4, 0.5) is 11.4 Å². The van der Waals surface area contributed by atoms with E-state index in [1.54, 1.807) is 37.3 Å². The molecular weight excluding hydrogens is 725 g/mol. The second-order valence-corrected chi connectivity index (χ2v) is 19.5. The summed E-state index contributed by atoms with van der Waals surface area (Å²) in [7, 11) is 22.0. The standard InChI is InChI=1S/C8H12NOPS.C7H12NPS.2C6H9PS.C3H7NO.C2H7N/c1-5-7(4-8(11)12-5)9(3)6(2)10;1-5-6(8(2)3)4-7(9)10-5;2*1-4-3-6(7)8-5(4)2;1-3(5)4-2;1-3-2/h4H,11H2,1-3H3;4H,9H2,1-3H3;2*3H,7H2,1-2H3;1-2H3,(H,4,5);3H,1-2H3. The monoisotopic (exact) mass is 780 g/mol. The van der Waals surface area contributed by atoms with E-state index in [4.69, 9.17) is 0 Å². The van der Waals surface area contributed by atoms with Crippen LogP contribution >= 0.6 is 82.3 Å². The van der Waals surface area contributed by atoms with Gasteiger partial charge in [-0.25, -0.2) is 0 Å². The molecule has 46 heavy (non-hydrogen) atoms. The zero-order valence-electron chi connectivity index (χ0n) is 30.0. The molecule has 0 aliphatic rings. The molecule has 4 unspecified atom stereocenters. The summed E-state index contributed by atoms with van der Waals surface area (Å²) in [5.41, 5.74) is 5.15. The van der Waals surface area contributed by atoms with Crippen molar-refractivity contribution in [3.63, 3.8) is 0 Å². The SMILES string of the molecule is CC(=O)N(C)c1cc(P)sc1C.CNC.CNC(C)=O.Cc1cc(P)sc1C.Cc1cc(P)sc1C.Cc1sc(P)cc1N(C)C. The minimum atomic E-state index is 0.00463. The van der Waals surface area contributed by atoms with Crippen molar-refractivity contribution in [3.8, 4) is 0 Å². The number of rotatable bonds is 2. The Bertz CT molecular complexity index is 1380. The summed E-state index contributed by atoms with van der Waals surface area (Å²) in [6, 6.07) is 8.56. The lowest BCUT2D eigenvalue weighted by Gasteiger charge is -2.13. The summed E-state index contributed by atoms with van der Waals surface area (Å²) in [6.07, 6.45) is 0. The molecule has 4 rings (SSSR count). The Hall–Kier alpha value is -0.780. The normalized spacial score (nSPS) is 9.35. The van der Waals surface area contributed by atoms with E-state index in [9.17, 15) is 9.59 Å². The average Bonchev–Trinajstić information content (AvgIpc) is 3.65. The second kappa shape index (κ2) is 25.2. The molecule has 2 N–H and O–H groups in total. The molecule has 0 radical (unpaired) electrons. The van der Waals surface area contributed by atoms with Gasteiger partial charge in [0.1, 0.15) is 0 Å². The van der Waals surface area contributed by atoms with E-state index in [0.29, 0.717) is 0 Å². The Morgan fingerprint density at radius 2 is 0.870 bits per heavy atom. The van der Waals surface area contributed by atoms with E-state index in [1.165, 1.54) is 57.1 Å². The van der Waals surface area contributed by atoms with Crippen LogP contribution in [-0.4, -0.2) is 54.1 Å². The Labute approximate surface area is 304 Å². The number of carbonyl (C=O) groups is 2. The van der Waals surface area contributed by atoms with Crippen molar-refractivity contribution in [1.29, 1.82) is 0 Å². The van der Waals surface area contributed by atoms with Gasteiger partial charge in [-0.2, -0.15) is 0 Å². The van der Waals surface area contributed by atoms with Crippen molar-refractivity contribution in [2.24, 2.45) is 0 Å². The Balaban J connectivity index is 0. The van der Waals surface area contributed by atoms with Gasteiger partial charge in [-0.05, 0) is 91.0 Å². The first kappa shape index (κ1) is 47.3. The van der Waals surface area contributed by atoms with Crippen LogP contribution in [0.3, 0.4) is 0 Å². The fourth-order valence-electron chi connectivity index (χ4n) is 3.14. The number of nitrogens with zero attached hydrogens (tertiary/aromatic N) is 2. The number of hydrogen-bond acceptors (Lipinski definition) is 8. The van der Waals surface area contributed by atoms with E-state index in [0.717, 1.165) is 10.3 Å². The van der Waals surface area contributed by atoms with E-state index in [2.05, 4.69) is 119 Å². The van der Waals surface area contributed by atoms with Gasteiger partial charge in [0, 0.05) is 80.0 Å². The van der Waals surface area contributed by atoms with Gasteiger partial charge < -0.3 is 20.4 Å². The van der Waals surface area contributed by atoms with Crippen molar-refractivity contribution in [1.82, 2.24) is 10.6 Å². The van der Waals surface area contributed by atoms with E-state index < -0.39 is 0 Å². The highest BCUT2D eigenvalue weighted by Gasteiger charge is 2.10. The molecule has 0 aliphatic carbocycles. The Morgan fingerprint density at radius 3 is 1.00 bits per heavy atom. The van der Waals surface area contributed by atoms with Crippen LogP contribution in [0, 0.1) is 41.5 Å². The van der Waals surface area contributed by atoms with Gasteiger partial charge in [-0.1, -0.05) is 37.0 Å². The number of carbonyl (C=O) groups excluding carboxylic acids is 2. The molecule has 0 saturated heterocycles. The molecule has 0 aromatic carbocycles. The van der Waals surface area contributed by atoms with Crippen LogP contribution in [-0.2, 0) is 9.59 Å². The molecule has 4 aromatic heterocycles. The molecule has 0 fully saturated rings. The molecule has 6 nitrogen and oxygen atoms in total. The van der Waals surface area contributed by atoms with Gasteiger partial charge in [0.2, 0.25) is 11.8 Å². The number of nitrogens with one attached hydrogen (secondary N) is 2. The molecule has 4 heterocycles. The number of thiophene rings is 4. The maximum Gasteiger partial charge on any atom is 0.223 e. The molecule has 14 heteroatoms. The van der Waals surface area contributed by atoms with Crippen molar-refractivity contribution in [2.45, 2.75) is 55.4 Å². The highest BCUT2D eigenvalue weighted by Crippen LogP contribution is 2.24. The molecule has 4 atom stereocenters. The van der Waals surface area contributed by atoms with Gasteiger partial charge in [-0.15, -0.1) is 45.3 Å². The molecule has 2 amide bonds. The van der Waals surface area contributed by atoms with Gasteiger partial charge in [0.05, 0.1) is 11.4 Å². The van der Waals surface area contributed by atoms with Crippen LogP contribution in [0.25, 0.3) is 0 Å². The summed E-state index contributed by atoms with van der Waals surface area (Å²) in [5, 5.41) is 5.14. The second-order valence-electron chi connectivity index (χ2n) is 10.2. The zero-order valence-corrected chi connectivity index (χ0v) is 37.8. The van der Waals surface area contributed by atoms with Crippen molar-refractivity contribution < 1.29 is 9.59 Å². The predicted molar refractivity (Wildman–Crippen MR) is 231 cm³/mol. The lowest BCUT2D eigenvalue weighted by atomic mass is 10.3. The van der Waals surface area contributed by atoms with Crippen molar-refractivity contribution >= 4 is 124 Å². The maximum absolute atomic E-state index is 11.0. The molecule has 0 aliphatic heterocycles. The topological polar surface area (TPSA) is 64.7 Å². The first-order valence-corrected chi connectivity index (χ1v) is 19.8.